The van der Waals surface area contributed by atoms with Gasteiger partial charge in [0, 0.05) is 13.3 Å². The van der Waals surface area contributed by atoms with E-state index in [2.05, 4.69) is 0 Å². The van der Waals surface area contributed by atoms with Gasteiger partial charge in [-0.15, -0.1) is 0 Å². The van der Waals surface area contributed by atoms with Gasteiger partial charge in [0.15, 0.2) is 6.04 Å². The van der Waals surface area contributed by atoms with Gasteiger partial charge in [-0.25, -0.2) is 9.86 Å². The molecular formula is C17H21NO6. The zero-order valence-electron chi connectivity index (χ0n) is 13.8. The standard InChI is InChI=1S/C17H21NO6/c1-3-22-17(21)16-14(24-12(2)19)9-10-15(20)18(16)23-11-13-7-5-4-6-8-13/h4-8,14,16H,3,9-11H2,1-2H3. The van der Waals surface area contributed by atoms with Crippen molar-refractivity contribution in [3.8, 4) is 0 Å². The number of rotatable bonds is 6. The first-order valence-corrected chi connectivity index (χ1v) is 7.85. The van der Waals surface area contributed by atoms with E-state index in [1.807, 2.05) is 30.3 Å². The summed E-state index contributed by atoms with van der Waals surface area (Å²) in [7, 11) is 0. The van der Waals surface area contributed by atoms with E-state index < -0.39 is 24.1 Å². The first-order valence-electron chi connectivity index (χ1n) is 7.85. The van der Waals surface area contributed by atoms with Crippen LogP contribution in [0.15, 0.2) is 30.3 Å². The number of hydrogen-bond donors (Lipinski definition) is 0. The molecule has 2 unspecified atom stereocenters. The first kappa shape index (κ1) is 17.9. The lowest BCUT2D eigenvalue weighted by Crippen LogP contribution is -2.56. The third kappa shape index (κ3) is 4.55. The lowest BCUT2D eigenvalue weighted by molar-refractivity contribution is -0.234. The van der Waals surface area contributed by atoms with Crippen molar-refractivity contribution in [3.05, 3.63) is 35.9 Å². The number of carbonyl (C=O) groups is 3. The Kier molecular flexibility index (Phi) is 6.31. The third-order valence-electron chi connectivity index (χ3n) is 3.55. The SMILES string of the molecule is CCOC(=O)C1C(OC(C)=O)CCC(=O)N1OCc1ccccc1. The largest absolute Gasteiger partial charge is 0.464 e. The highest BCUT2D eigenvalue weighted by Gasteiger charge is 2.44. The highest BCUT2D eigenvalue weighted by molar-refractivity contribution is 5.86. The fourth-order valence-corrected chi connectivity index (χ4v) is 2.52. The van der Waals surface area contributed by atoms with Crippen molar-refractivity contribution < 1.29 is 28.7 Å². The molecule has 1 aliphatic heterocycles. The van der Waals surface area contributed by atoms with E-state index in [1.54, 1.807) is 6.92 Å². The zero-order chi connectivity index (χ0) is 17.5. The van der Waals surface area contributed by atoms with Gasteiger partial charge < -0.3 is 9.47 Å². The Morgan fingerprint density at radius 2 is 1.96 bits per heavy atom. The number of carbonyl (C=O) groups excluding carboxylic acids is 3. The summed E-state index contributed by atoms with van der Waals surface area (Å²) in [5, 5.41) is 0.988. The lowest BCUT2D eigenvalue weighted by Gasteiger charge is -2.37. The molecule has 1 aromatic rings. The number of ether oxygens (including phenoxy) is 2. The Bertz CT molecular complexity index is 588. The van der Waals surface area contributed by atoms with E-state index >= 15 is 0 Å². The summed E-state index contributed by atoms with van der Waals surface area (Å²) in [6.45, 7) is 3.20. The van der Waals surface area contributed by atoms with Crippen LogP contribution in [0.2, 0.25) is 0 Å². The minimum Gasteiger partial charge on any atom is -0.464 e. The van der Waals surface area contributed by atoms with Gasteiger partial charge >= 0.3 is 11.9 Å². The minimum atomic E-state index is -1.10. The average Bonchev–Trinajstić information content (AvgIpc) is 2.55. The van der Waals surface area contributed by atoms with Crippen LogP contribution < -0.4 is 0 Å². The van der Waals surface area contributed by atoms with Crippen molar-refractivity contribution in [1.82, 2.24) is 5.06 Å². The Morgan fingerprint density at radius 3 is 2.58 bits per heavy atom. The number of benzene rings is 1. The first-order chi connectivity index (χ1) is 11.5. The summed E-state index contributed by atoms with van der Waals surface area (Å²) in [6, 6.07) is 8.16. The molecule has 1 heterocycles. The Labute approximate surface area is 140 Å². The highest BCUT2D eigenvalue weighted by atomic mass is 16.7. The number of amides is 1. The van der Waals surface area contributed by atoms with Crippen LogP contribution >= 0.6 is 0 Å². The fraction of sp³-hybridized carbons (Fsp3) is 0.471. The van der Waals surface area contributed by atoms with Crippen molar-refractivity contribution in [1.29, 1.82) is 0 Å². The van der Waals surface area contributed by atoms with Gasteiger partial charge in [-0.3, -0.25) is 14.4 Å². The van der Waals surface area contributed by atoms with E-state index in [1.165, 1.54) is 6.92 Å². The summed E-state index contributed by atoms with van der Waals surface area (Å²) < 4.78 is 10.2. The molecule has 24 heavy (non-hydrogen) atoms. The monoisotopic (exact) mass is 335 g/mol. The van der Waals surface area contributed by atoms with E-state index in [9.17, 15) is 14.4 Å². The van der Waals surface area contributed by atoms with Crippen LogP contribution in [0, 0.1) is 0 Å². The van der Waals surface area contributed by atoms with Gasteiger partial charge in [0.1, 0.15) is 12.7 Å². The lowest BCUT2D eigenvalue weighted by atomic mass is 10.00. The Hall–Kier alpha value is -2.41. The highest BCUT2D eigenvalue weighted by Crippen LogP contribution is 2.24. The van der Waals surface area contributed by atoms with Crippen molar-refractivity contribution in [2.24, 2.45) is 0 Å². The van der Waals surface area contributed by atoms with Crippen LogP contribution in [0.4, 0.5) is 0 Å². The number of piperidine rings is 1. The van der Waals surface area contributed by atoms with Gasteiger partial charge in [-0.2, -0.15) is 0 Å². The molecule has 7 heteroatoms. The molecule has 1 saturated heterocycles. The molecule has 1 aromatic carbocycles. The maximum absolute atomic E-state index is 12.3. The van der Waals surface area contributed by atoms with Gasteiger partial charge in [0.05, 0.1) is 6.61 Å². The molecule has 1 aliphatic rings. The number of hydrogen-bond acceptors (Lipinski definition) is 6. The predicted molar refractivity (Wildman–Crippen MR) is 83.3 cm³/mol. The summed E-state index contributed by atoms with van der Waals surface area (Å²) in [5.74, 6) is -1.51. The predicted octanol–water partition coefficient (Wildman–Crippen LogP) is 1.60. The van der Waals surface area contributed by atoms with Gasteiger partial charge in [-0.05, 0) is 18.9 Å². The smallest absolute Gasteiger partial charge is 0.335 e. The van der Waals surface area contributed by atoms with E-state index in [0.29, 0.717) is 0 Å². The molecule has 0 spiro atoms. The molecule has 1 fully saturated rings. The molecule has 0 bridgehead atoms. The topological polar surface area (TPSA) is 82.1 Å². The van der Waals surface area contributed by atoms with Crippen molar-refractivity contribution in [2.45, 2.75) is 45.4 Å². The van der Waals surface area contributed by atoms with Gasteiger partial charge in [-0.1, -0.05) is 30.3 Å². The summed E-state index contributed by atoms with van der Waals surface area (Å²) in [6.07, 6.45) is -0.398. The molecule has 0 aliphatic carbocycles. The Balaban J connectivity index is 2.16. The summed E-state index contributed by atoms with van der Waals surface area (Å²) in [5.41, 5.74) is 0.850. The molecule has 1 amide bonds. The molecule has 7 nitrogen and oxygen atoms in total. The van der Waals surface area contributed by atoms with Crippen LogP contribution in [0.1, 0.15) is 32.3 Å². The molecular weight excluding hydrogens is 314 g/mol. The van der Waals surface area contributed by atoms with Crippen LogP contribution in [-0.4, -0.2) is 41.7 Å². The molecule has 130 valence electrons. The quantitative estimate of drug-likeness (QED) is 0.735. The maximum Gasteiger partial charge on any atom is 0.335 e. The maximum atomic E-state index is 12.3. The number of esters is 2. The molecule has 0 N–H and O–H groups in total. The fourth-order valence-electron chi connectivity index (χ4n) is 2.52. The van der Waals surface area contributed by atoms with Crippen molar-refractivity contribution >= 4 is 17.8 Å². The second-order valence-corrected chi connectivity index (χ2v) is 5.36. The third-order valence-corrected chi connectivity index (χ3v) is 3.55. The van der Waals surface area contributed by atoms with E-state index in [-0.39, 0.29) is 32.0 Å². The van der Waals surface area contributed by atoms with Crippen molar-refractivity contribution in [3.63, 3.8) is 0 Å². The minimum absolute atomic E-state index is 0.120. The molecule has 0 aromatic heterocycles. The number of nitrogens with zero attached hydrogens (tertiary/aromatic N) is 1. The van der Waals surface area contributed by atoms with Crippen LogP contribution in [0.25, 0.3) is 0 Å². The van der Waals surface area contributed by atoms with Crippen LogP contribution in [0.3, 0.4) is 0 Å². The second-order valence-electron chi connectivity index (χ2n) is 5.36. The van der Waals surface area contributed by atoms with Gasteiger partial charge in [0.25, 0.3) is 0 Å². The molecule has 0 saturated carbocycles. The molecule has 2 atom stereocenters. The Morgan fingerprint density at radius 1 is 1.25 bits per heavy atom. The van der Waals surface area contributed by atoms with E-state index in [4.69, 9.17) is 14.3 Å². The van der Waals surface area contributed by atoms with Gasteiger partial charge in [0.2, 0.25) is 5.91 Å². The average molecular weight is 335 g/mol. The van der Waals surface area contributed by atoms with Crippen LogP contribution in [-0.2, 0) is 35.3 Å². The normalized spacial score (nSPS) is 20.6. The summed E-state index contributed by atoms with van der Waals surface area (Å²) in [4.78, 5) is 41.3. The molecule has 0 radical (unpaired) electrons. The summed E-state index contributed by atoms with van der Waals surface area (Å²) >= 11 is 0. The number of hydroxylamine groups is 2. The van der Waals surface area contributed by atoms with Crippen molar-refractivity contribution in [2.75, 3.05) is 6.61 Å². The van der Waals surface area contributed by atoms with Crippen LogP contribution in [0.5, 0.6) is 0 Å². The second kappa shape index (κ2) is 8.44. The molecule has 2 rings (SSSR count). The van der Waals surface area contributed by atoms with E-state index in [0.717, 1.165) is 10.6 Å². The zero-order valence-corrected chi connectivity index (χ0v) is 13.8.